The van der Waals surface area contributed by atoms with Gasteiger partial charge in [0, 0.05) is 18.3 Å². The first-order valence-corrected chi connectivity index (χ1v) is 9.59. The highest BCUT2D eigenvalue weighted by atomic mass is 35.5. The van der Waals surface area contributed by atoms with Gasteiger partial charge in [-0.2, -0.15) is 0 Å². The number of nitrogens with zero attached hydrogens (tertiary/aromatic N) is 1. The molecule has 1 aromatic carbocycles. The van der Waals surface area contributed by atoms with Gasteiger partial charge < -0.3 is 15.5 Å². The van der Waals surface area contributed by atoms with Gasteiger partial charge in [-0.1, -0.05) is 18.0 Å². The van der Waals surface area contributed by atoms with Crippen LogP contribution in [0.1, 0.15) is 55.8 Å². The lowest BCUT2D eigenvalue weighted by Gasteiger charge is -2.33. The molecule has 1 aromatic rings. The molecule has 6 heteroatoms. The molecule has 2 amide bonds. The molecule has 136 valence electrons. The Bertz CT molecular complexity index is 644. The first kappa shape index (κ1) is 18.2. The lowest BCUT2D eigenvalue weighted by molar-refractivity contribution is -0.118. The van der Waals surface area contributed by atoms with Crippen LogP contribution in [0.5, 0.6) is 0 Å². The highest BCUT2D eigenvalue weighted by Crippen LogP contribution is 2.26. The van der Waals surface area contributed by atoms with Crippen molar-refractivity contribution in [1.29, 1.82) is 0 Å². The largest absolute Gasteiger partial charge is 0.336 e. The summed E-state index contributed by atoms with van der Waals surface area (Å²) in [4.78, 5) is 26.9. The first-order chi connectivity index (χ1) is 12.1. The number of carbonyl (C=O) groups is 2. The van der Waals surface area contributed by atoms with Gasteiger partial charge in [-0.3, -0.25) is 9.59 Å². The van der Waals surface area contributed by atoms with Gasteiger partial charge >= 0.3 is 0 Å². The van der Waals surface area contributed by atoms with E-state index < -0.39 is 0 Å². The van der Waals surface area contributed by atoms with E-state index in [1.807, 2.05) is 4.90 Å². The lowest BCUT2D eigenvalue weighted by Crippen LogP contribution is -2.43. The molecule has 2 unspecified atom stereocenters. The number of benzene rings is 1. The zero-order valence-corrected chi connectivity index (χ0v) is 15.4. The molecular formula is C19H26ClN3O2. The zero-order valence-electron chi connectivity index (χ0n) is 14.7. The highest BCUT2D eigenvalue weighted by Gasteiger charge is 2.26. The molecule has 2 aliphatic rings. The Morgan fingerprint density at radius 2 is 2.00 bits per heavy atom. The summed E-state index contributed by atoms with van der Waals surface area (Å²) >= 11 is 6.35. The Morgan fingerprint density at radius 1 is 1.20 bits per heavy atom. The molecule has 0 aliphatic carbocycles. The molecule has 0 saturated carbocycles. The van der Waals surface area contributed by atoms with Crippen molar-refractivity contribution in [2.45, 2.75) is 57.5 Å². The van der Waals surface area contributed by atoms with E-state index in [4.69, 9.17) is 11.6 Å². The quantitative estimate of drug-likeness (QED) is 0.864. The Hall–Kier alpha value is -1.59. The summed E-state index contributed by atoms with van der Waals surface area (Å²) in [6.45, 7) is 3.74. The summed E-state index contributed by atoms with van der Waals surface area (Å²) in [6, 6.07) is 5.24. The molecule has 0 bridgehead atoms. The number of halogens is 1. The number of hydrogen-bond acceptors (Lipinski definition) is 3. The Kier molecular flexibility index (Phi) is 5.97. The number of likely N-dealkylation sites (tertiary alicyclic amines) is 1. The molecule has 2 atom stereocenters. The van der Waals surface area contributed by atoms with Crippen LogP contribution in [0, 0.1) is 0 Å². The van der Waals surface area contributed by atoms with Crippen molar-refractivity contribution in [3.63, 3.8) is 0 Å². The molecular weight excluding hydrogens is 338 g/mol. The second-order valence-corrected chi connectivity index (χ2v) is 7.44. The summed E-state index contributed by atoms with van der Waals surface area (Å²) in [5.74, 6) is -0.0662. The number of hydrogen-bond donors (Lipinski definition) is 2. The third kappa shape index (κ3) is 4.33. The molecule has 2 aliphatic heterocycles. The summed E-state index contributed by atoms with van der Waals surface area (Å²) in [5, 5.41) is 6.51. The minimum Gasteiger partial charge on any atom is -0.336 e. The number of rotatable bonds is 3. The minimum absolute atomic E-state index is 0.0241. The standard InChI is InChI=1S/C19H26ClN3O2/c1-13-6-3-5-11-23(13)19(25)15-9-8-14(12-16(15)20)22-18(24)17-7-2-4-10-21-17/h8-9,12-13,17,21H,2-7,10-11H2,1H3,(H,22,24). The van der Waals surface area contributed by atoms with Crippen molar-refractivity contribution in [2.75, 3.05) is 18.4 Å². The third-order valence-electron chi connectivity index (χ3n) is 5.16. The van der Waals surface area contributed by atoms with E-state index in [-0.39, 0.29) is 23.9 Å². The molecule has 0 spiro atoms. The van der Waals surface area contributed by atoms with Gasteiger partial charge in [0.2, 0.25) is 5.91 Å². The van der Waals surface area contributed by atoms with E-state index in [0.29, 0.717) is 16.3 Å². The number of amides is 2. The van der Waals surface area contributed by atoms with Gasteiger partial charge in [0.05, 0.1) is 16.6 Å². The minimum atomic E-state index is -0.150. The SMILES string of the molecule is CC1CCCCN1C(=O)c1ccc(NC(=O)C2CCCCN2)cc1Cl. The molecule has 5 nitrogen and oxygen atoms in total. The van der Waals surface area contributed by atoms with Gasteiger partial charge in [-0.05, 0) is 63.8 Å². The molecule has 2 heterocycles. The Labute approximate surface area is 154 Å². The lowest BCUT2D eigenvalue weighted by atomic mass is 10.0. The normalized spacial score (nSPS) is 24.0. The molecule has 3 rings (SSSR count). The Balaban J connectivity index is 1.67. The topological polar surface area (TPSA) is 61.4 Å². The van der Waals surface area contributed by atoms with Gasteiger partial charge in [0.15, 0.2) is 0 Å². The van der Waals surface area contributed by atoms with Crippen LogP contribution >= 0.6 is 11.6 Å². The summed E-state index contributed by atoms with van der Waals surface area (Å²) in [5.41, 5.74) is 1.13. The first-order valence-electron chi connectivity index (χ1n) is 9.21. The predicted molar refractivity (Wildman–Crippen MR) is 100 cm³/mol. The third-order valence-corrected chi connectivity index (χ3v) is 5.47. The number of carbonyl (C=O) groups excluding carboxylic acids is 2. The molecule has 25 heavy (non-hydrogen) atoms. The van der Waals surface area contributed by atoms with Crippen molar-refractivity contribution in [2.24, 2.45) is 0 Å². The van der Waals surface area contributed by atoms with Gasteiger partial charge in [0.25, 0.3) is 5.91 Å². The van der Waals surface area contributed by atoms with Crippen LogP contribution in [0.2, 0.25) is 5.02 Å². The second-order valence-electron chi connectivity index (χ2n) is 7.03. The van der Waals surface area contributed by atoms with Crippen molar-refractivity contribution in [1.82, 2.24) is 10.2 Å². The van der Waals surface area contributed by atoms with E-state index in [1.165, 1.54) is 6.42 Å². The average molecular weight is 364 g/mol. The maximum absolute atomic E-state index is 12.8. The number of piperidine rings is 2. The van der Waals surface area contributed by atoms with Gasteiger partial charge in [-0.25, -0.2) is 0 Å². The fraction of sp³-hybridized carbons (Fsp3) is 0.579. The summed E-state index contributed by atoms with van der Waals surface area (Å²) in [7, 11) is 0. The van der Waals surface area contributed by atoms with E-state index in [1.54, 1.807) is 18.2 Å². The molecule has 0 aromatic heterocycles. The van der Waals surface area contributed by atoms with Crippen LogP contribution in [0.25, 0.3) is 0 Å². The number of nitrogens with one attached hydrogen (secondary N) is 2. The summed E-state index contributed by atoms with van der Waals surface area (Å²) < 4.78 is 0. The van der Waals surface area contributed by atoms with Crippen LogP contribution in [-0.4, -0.2) is 41.9 Å². The maximum Gasteiger partial charge on any atom is 0.255 e. The van der Waals surface area contributed by atoms with Crippen molar-refractivity contribution in [3.05, 3.63) is 28.8 Å². The predicted octanol–water partition coefficient (Wildman–Crippen LogP) is 3.44. The van der Waals surface area contributed by atoms with Crippen LogP contribution in [0.3, 0.4) is 0 Å². The molecule has 2 saturated heterocycles. The van der Waals surface area contributed by atoms with Crippen LogP contribution in [0.15, 0.2) is 18.2 Å². The highest BCUT2D eigenvalue weighted by molar-refractivity contribution is 6.34. The van der Waals surface area contributed by atoms with Gasteiger partial charge in [-0.15, -0.1) is 0 Å². The van der Waals surface area contributed by atoms with E-state index in [0.717, 1.165) is 45.2 Å². The average Bonchev–Trinajstić information content (AvgIpc) is 2.62. The van der Waals surface area contributed by atoms with E-state index in [2.05, 4.69) is 17.6 Å². The number of anilines is 1. The molecule has 2 fully saturated rings. The summed E-state index contributed by atoms with van der Waals surface area (Å²) in [6.07, 6.45) is 6.26. The van der Waals surface area contributed by atoms with E-state index in [9.17, 15) is 9.59 Å². The van der Waals surface area contributed by atoms with E-state index >= 15 is 0 Å². The van der Waals surface area contributed by atoms with Gasteiger partial charge in [0.1, 0.15) is 0 Å². The van der Waals surface area contributed by atoms with Crippen molar-refractivity contribution in [3.8, 4) is 0 Å². The fourth-order valence-corrected chi connectivity index (χ4v) is 3.89. The maximum atomic E-state index is 12.8. The van der Waals surface area contributed by atoms with Crippen LogP contribution in [0.4, 0.5) is 5.69 Å². The van der Waals surface area contributed by atoms with Crippen LogP contribution < -0.4 is 10.6 Å². The monoisotopic (exact) mass is 363 g/mol. The van der Waals surface area contributed by atoms with Crippen LogP contribution in [-0.2, 0) is 4.79 Å². The molecule has 2 N–H and O–H groups in total. The van der Waals surface area contributed by atoms with Crippen molar-refractivity contribution >= 4 is 29.1 Å². The second kappa shape index (κ2) is 8.19. The Morgan fingerprint density at radius 3 is 2.68 bits per heavy atom. The van der Waals surface area contributed by atoms with Crippen molar-refractivity contribution < 1.29 is 9.59 Å². The smallest absolute Gasteiger partial charge is 0.255 e. The zero-order chi connectivity index (χ0) is 17.8. The fourth-order valence-electron chi connectivity index (χ4n) is 3.63. The molecule has 0 radical (unpaired) electrons.